The summed E-state index contributed by atoms with van der Waals surface area (Å²) in [5.41, 5.74) is 2.24. The zero-order valence-electron chi connectivity index (χ0n) is 22.8. The van der Waals surface area contributed by atoms with E-state index in [2.05, 4.69) is 5.32 Å². The van der Waals surface area contributed by atoms with Crippen LogP contribution >= 0.6 is 11.8 Å². The van der Waals surface area contributed by atoms with E-state index in [-0.39, 0.29) is 5.91 Å². The molecule has 1 aromatic heterocycles. The molecule has 9 heteroatoms. The second-order valence-corrected chi connectivity index (χ2v) is 11.2. The molecule has 0 unspecified atom stereocenters. The maximum absolute atomic E-state index is 14.3. The molecule has 4 atom stereocenters. The van der Waals surface area contributed by atoms with E-state index < -0.39 is 35.3 Å². The maximum atomic E-state index is 14.3. The maximum Gasteiger partial charge on any atom is 0.326 e. The van der Waals surface area contributed by atoms with E-state index in [1.807, 2.05) is 79.2 Å². The molecule has 208 valence electrons. The normalized spacial score (nSPS) is 23.6. The predicted molar refractivity (Wildman–Crippen MR) is 159 cm³/mol. The number of nitrogens with zero attached hydrogens (tertiary/aromatic N) is 3. The van der Waals surface area contributed by atoms with Gasteiger partial charge in [0.15, 0.2) is 0 Å². The Bertz CT molecular complexity index is 1580. The Hall–Kier alpha value is -4.21. The Labute approximate surface area is 242 Å². The van der Waals surface area contributed by atoms with Gasteiger partial charge in [0, 0.05) is 23.4 Å². The summed E-state index contributed by atoms with van der Waals surface area (Å²) >= 11 is 1.57. The molecule has 0 radical (unpaired) electrons. The average molecular weight is 567 g/mol. The van der Waals surface area contributed by atoms with Crippen molar-refractivity contribution in [2.75, 3.05) is 24.0 Å². The van der Waals surface area contributed by atoms with Gasteiger partial charge < -0.3 is 4.74 Å². The van der Waals surface area contributed by atoms with E-state index in [1.165, 1.54) is 12.0 Å². The van der Waals surface area contributed by atoms with Gasteiger partial charge in [-0.1, -0.05) is 66.7 Å². The molecular formula is C32H30N4O4S. The lowest BCUT2D eigenvalue weighted by Crippen LogP contribution is -2.56. The minimum atomic E-state index is -1.38. The van der Waals surface area contributed by atoms with Crippen molar-refractivity contribution in [3.8, 4) is 16.9 Å². The SMILES string of the molecule is COC(=O)[C@]1(CCSC)N[C@H](c2cn(-c3ccccc3)nc2-c2ccccc2)[C@@H]2C(=O)N(c3ccccc3)C(=O)[C@@H]21. The molecule has 2 amide bonds. The minimum Gasteiger partial charge on any atom is -0.468 e. The number of ether oxygens (including phenoxy) is 1. The van der Waals surface area contributed by atoms with Crippen LogP contribution in [0.2, 0.25) is 0 Å². The quantitative estimate of drug-likeness (QED) is 0.245. The average Bonchev–Trinajstić information content (AvgIpc) is 3.69. The van der Waals surface area contributed by atoms with Crippen molar-refractivity contribution < 1.29 is 19.1 Å². The van der Waals surface area contributed by atoms with E-state index in [0.29, 0.717) is 23.6 Å². The van der Waals surface area contributed by atoms with Crippen molar-refractivity contribution in [1.82, 2.24) is 15.1 Å². The number of aromatic nitrogens is 2. The van der Waals surface area contributed by atoms with Gasteiger partial charge in [-0.25, -0.2) is 9.58 Å². The Morgan fingerprint density at radius 2 is 1.54 bits per heavy atom. The Morgan fingerprint density at radius 3 is 2.15 bits per heavy atom. The van der Waals surface area contributed by atoms with Crippen molar-refractivity contribution in [2.24, 2.45) is 11.8 Å². The fourth-order valence-corrected chi connectivity index (χ4v) is 6.74. The molecule has 3 aromatic carbocycles. The van der Waals surface area contributed by atoms with Crippen molar-refractivity contribution in [1.29, 1.82) is 0 Å². The molecule has 4 aromatic rings. The third-order valence-corrected chi connectivity index (χ3v) is 8.68. The van der Waals surface area contributed by atoms with Crippen LogP contribution in [0.1, 0.15) is 18.0 Å². The molecule has 2 saturated heterocycles. The van der Waals surface area contributed by atoms with Gasteiger partial charge in [-0.05, 0) is 42.7 Å². The molecule has 0 spiro atoms. The summed E-state index contributed by atoms with van der Waals surface area (Å²) in [6.07, 6.45) is 4.18. The summed E-state index contributed by atoms with van der Waals surface area (Å²) in [5, 5.41) is 8.46. The number of nitrogens with one attached hydrogen (secondary N) is 1. The van der Waals surface area contributed by atoms with Crippen molar-refractivity contribution in [3.63, 3.8) is 0 Å². The Morgan fingerprint density at radius 1 is 0.927 bits per heavy atom. The number of methoxy groups -OCH3 is 1. The van der Waals surface area contributed by atoms with Gasteiger partial charge in [0.1, 0.15) is 5.54 Å². The van der Waals surface area contributed by atoms with Crippen LogP contribution in [0, 0.1) is 11.8 Å². The highest BCUT2D eigenvalue weighted by atomic mass is 32.2. The van der Waals surface area contributed by atoms with Gasteiger partial charge >= 0.3 is 5.97 Å². The first-order valence-electron chi connectivity index (χ1n) is 13.5. The van der Waals surface area contributed by atoms with Crippen LogP contribution < -0.4 is 10.2 Å². The zero-order valence-corrected chi connectivity index (χ0v) is 23.6. The van der Waals surface area contributed by atoms with Gasteiger partial charge in [-0.15, -0.1) is 0 Å². The third kappa shape index (κ3) is 4.45. The van der Waals surface area contributed by atoms with Gasteiger partial charge in [-0.2, -0.15) is 16.9 Å². The number of para-hydroxylation sites is 2. The van der Waals surface area contributed by atoms with Gasteiger partial charge in [0.05, 0.1) is 36.0 Å². The van der Waals surface area contributed by atoms with Crippen LogP contribution in [-0.2, 0) is 19.1 Å². The number of carbonyl (C=O) groups is 3. The van der Waals surface area contributed by atoms with E-state index >= 15 is 0 Å². The molecule has 2 aliphatic heterocycles. The van der Waals surface area contributed by atoms with Crippen LogP contribution in [0.25, 0.3) is 16.9 Å². The smallest absolute Gasteiger partial charge is 0.326 e. The molecule has 6 rings (SSSR count). The van der Waals surface area contributed by atoms with Crippen molar-refractivity contribution in [3.05, 3.63) is 103 Å². The predicted octanol–water partition coefficient (Wildman–Crippen LogP) is 4.65. The van der Waals surface area contributed by atoms with Gasteiger partial charge in [0.2, 0.25) is 11.8 Å². The molecule has 0 aliphatic carbocycles. The highest BCUT2D eigenvalue weighted by Crippen LogP contribution is 2.52. The lowest BCUT2D eigenvalue weighted by atomic mass is 9.77. The first kappa shape index (κ1) is 27.0. The summed E-state index contributed by atoms with van der Waals surface area (Å²) in [6.45, 7) is 0. The molecule has 2 aliphatic rings. The van der Waals surface area contributed by atoms with E-state index in [0.717, 1.165) is 16.8 Å². The molecule has 0 saturated carbocycles. The topological polar surface area (TPSA) is 93.5 Å². The number of amides is 2. The monoisotopic (exact) mass is 566 g/mol. The van der Waals surface area contributed by atoms with Gasteiger partial charge in [-0.3, -0.25) is 19.7 Å². The highest BCUT2D eigenvalue weighted by Gasteiger charge is 2.69. The van der Waals surface area contributed by atoms with Crippen molar-refractivity contribution in [2.45, 2.75) is 18.0 Å². The number of hydrogen-bond donors (Lipinski definition) is 1. The largest absolute Gasteiger partial charge is 0.468 e. The summed E-state index contributed by atoms with van der Waals surface area (Å²) < 4.78 is 7.11. The third-order valence-electron chi connectivity index (χ3n) is 8.06. The lowest BCUT2D eigenvalue weighted by Gasteiger charge is -2.32. The first-order chi connectivity index (χ1) is 20.0. The highest BCUT2D eigenvalue weighted by molar-refractivity contribution is 7.98. The number of rotatable bonds is 8. The molecule has 3 heterocycles. The van der Waals surface area contributed by atoms with Crippen LogP contribution in [0.15, 0.2) is 97.2 Å². The number of anilines is 1. The first-order valence-corrected chi connectivity index (χ1v) is 14.9. The summed E-state index contributed by atoms with van der Waals surface area (Å²) in [6, 6.07) is 27.7. The second-order valence-electron chi connectivity index (χ2n) is 10.3. The van der Waals surface area contributed by atoms with E-state index in [9.17, 15) is 14.4 Å². The number of benzene rings is 3. The summed E-state index contributed by atoms with van der Waals surface area (Å²) in [4.78, 5) is 43.3. The summed E-state index contributed by atoms with van der Waals surface area (Å²) in [7, 11) is 1.33. The minimum absolute atomic E-state index is 0.327. The fraction of sp³-hybridized carbons (Fsp3) is 0.250. The van der Waals surface area contributed by atoms with E-state index in [1.54, 1.807) is 40.7 Å². The Kier molecular flexibility index (Phi) is 7.23. The molecule has 8 nitrogen and oxygen atoms in total. The number of fused-ring (bicyclic) bond motifs is 1. The number of imide groups is 1. The van der Waals surface area contributed by atoms with Crippen LogP contribution in [0.3, 0.4) is 0 Å². The molecule has 1 N–H and O–H groups in total. The number of thioether (sulfide) groups is 1. The van der Waals surface area contributed by atoms with Crippen LogP contribution in [-0.4, -0.2) is 52.2 Å². The van der Waals surface area contributed by atoms with Crippen LogP contribution in [0.5, 0.6) is 0 Å². The molecule has 41 heavy (non-hydrogen) atoms. The molecular weight excluding hydrogens is 536 g/mol. The number of carbonyl (C=O) groups excluding carboxylic acids is 3. The number of esters is 1. The zero-order chi connectivity index (χ0) is 28.6. The standard InChI is InChI=1S/C32H30N4O4S/c1-40-31(39)32(18-19-41-2)26-25(29(37)36(30(26)38)23-16-10-5-11-17-23)28(33-32)24-20-35(22-14-8-4-9-15-22)34-27(24)21-12-6-3-7-13-21/h3-17,20,25-26,28,33H,18-19H2,1-2H3/t25-,26-,28-,32-/m1/s1. The number of hydrogen-bond acceptors (Lipinski definition) is 7. The van der Waals surface area contributed by atoms with E-state index in [4.69, 9.17) is 9.84 Å². The van der Waals surface area contributed by atoms with Crippen molar-refractivity contribution >= 4 is 35.2 Å². The molecule has 2 fully saturated rings. The summed E-state index contributed by atoms with van der Waals surface area (Å²) in [5.74, 6) is -2.46. The molecule has 0 bridgehead atoms. The van der Waals surface area contributed by atoms with Crippen LogP contribution in [0.4, 0.5) is 5.69 Å². The Balaban J connectivity index is 1.55. The fourth-order valence-electron chi connectivity index (χ4n) is 6.21. The van der Waals surface area contributed by atoms with Gasteiger partial charge in [0.25, 0.3) is 0 Å². The lowest BCUT2D eigenvalue weighted by molar-refractivity contribution is -0.152. The second kappa shape index (κ2) is 11.0.